The summed E-state index contributed by atoms with van der Waals surface area (Å²) in [5.74, 6) is 1.62. The summed E-state index contributed by atoms with van der Waals surface area (Å²) in [4.78, 5) is 8.27. The minimum atomic E-state index is 0.396. The number of hydrogen-bond acceptors (Lipinski definition) is 4. The highest BCUT2D eigenvalue weighted by molar-refractivity contribution is 5.34. The summed E-state index contributed by atoms with van der Waals surface area (Å²) in [6.45, 7) is 2.95. The van der Waals surface area contributed by atoms with Crippen molar-refractivity contribution in [1.29, 1.82) is 0 Å². The lowest BCUT2D eigenvalue weighted by Gasteiger charge is -2.26. The van der Waals surface area contributed by atoms with Crippen molar-refractivity contribution < 1.29 is 0 Å². The van der Waals surface area contributed by atoms with Gasteiger partial charge in [0.15, 0.2) is 0 Å². The van der Waals surface area contributed by atoms with Crippen molar-refractivity contribution in [2.75, 3.05) is 11.9 Å². The summed E-state index contributed by atoms with van der Waals surface area (Å²) in [5, 5.41) is 3.37. The lowest BCUT2D eigenvalue weighted by atomic mass is 9.86. The maximum Gasteiger partial charge on any atom is 0.129 e. The third kappa shape index (κ3) is 3.17. The van der Waals surface area contributed by atoms with Gasteiger partial charge in [-0.3, -0.25) is 0 Å². The number of aromatic nitrogens is 2. The zero-order valence-corrected chi connectivity index (χ0v) is 9.82. The van der Waals surface area contributed by atoms with E-state index in [9.17, 15) is 0 Å². The minimum Gasteiger partial charge on any atom is -0.370 e. The highest BCUT2D eigenvalue weighted by atomic mass is 15.0. The van der Waals surface area contributed by atoms with E-state index in [4.69, 9.17) is 5.73 Å². The zero-order chi connectivity index (χ0) is 11.4. The number of hydrogen-bond donors (Lipinski definition) is 2. The molecule has 3 N–H and O–H groups in total. The topological polar surface area (TPSA) is 63.8 Å². The Morgan fingerprint density at radius 3 is 3.06 bits per heavy atom. The molecule has 4 nitrogen and oxygen atoms in total. The van der Waals surface area contributed by atoms with Gasteiger partial charge in [-0.1, -0.05) is 6.42 Å². The minimum absolute atomic E-state index is 0.396. The molecule has 1 saturated carbocycles. The summed E-state index contributed by atoms with van der Waals surface area (Å²) in [7, 11) is 0. The van der Waals surface area contributed by atoms with E-state index >= 15 is 0 Å². The molecule has 88 valence electrons. The number of anilines is 1. The van der Waals surface area contributed by atoms with Crippen LogP contribution in [0.15, 0.2) is 12.4 Å². The van der Waals surface area contributed by atoms with Gasteiger partial charge < -0.3 is 11.1 Å². The van der Waals surface area contributed by atoms with Gasteiger partial charge in [-0.15, -0.1) is 0 Å². The highest BCUT2D eigenvalue weighted by Gasteiger charge is 2.18. The van der Waals surface area contributed by atoms with Gasteiger partial charge in [-0.05, 0) is 32.1 Å². The predicted octanol–water partition coefficient (Wildman–Crippen LogP) is 1.71. The Balaban J connectivity index is 1.82. The lowest BCUT2D eigenvalue weighted by molar-refractivity contribution is 0.335. The van der Waals surface area contributed by atoms with Gasteiger partial charge in [-0.2, -0.15) is 0 Å². The van der Waals surface area contributed by atoms with Crippen molar-refractivity contribution >= 4 is 5.82 Å². The summed E-state index contributed by atoms with van der Waals surface area (Å²) < 4.78 is 0. The SMILES string of the molecule is Cc1cc(NCC2CCCC(N)C2)ncn1. The lowest BCUT2D eigenvalue weighted by Crippen LogP contribution is -2.31. The molecule has 1 aromatic heterocycles. The molecular weight excluding hydrogens is 200 g/mol. The monoisotopic (exact) mass is 220 g/mol. The Labute approximate surface area is 96.7 Å². The molecule has 0 radical (unpaired) electrons. The van der Waals surface area contributed by atoms with E-state index in [2.05, 4.69) is 15.3 Å². The van der Waals surface area contributed by atoms with Gasteiger partial charge >= 0.3 is 0 Å². The molecule has 2 unspecified atom stereocenters. The molecule has 0 amide bonds. The first kappa shape index (κ1) is 11.3. The molecule has 0 spiro atoms. The fourth-order valence-electron chi connectivity index (χ4n) is 2.32. The van der Waals surface area contributed by atoms with Gasteiger partial charge in [0, 0.05) is 24.3 Å². The zero-order valence-electron chi connectivity index (χ0n) is 9.82. The quantitative estimate of drug-likeness (QED) is 0.814. The molecule has 2 rings (SSSR count). The summed E-state index contributed by atoms with van der Waals surface area (Å²) in [6, 6.07) is 2.37. The molecule has 0 saturated heterocycles. The molecule has 0 aliphatic heterocycles. The summed E-state index contributed by atoms with van der Waals surface area (Å²) in [6.07, 6.45) is 6.46. The van der Waals surface area contributed by atoms with Crippen molar-refractivity contribution in [3.8, 4) is 0 Å². The second-order valence-electron chi connectivity index (χ2n) is 4.72. The van der Waals surface area contributed by atoms with Gasteiger partial charge in [0.25, 0.3) is 0 Å². The molecule has 16 heavy (non-hydrogen) atoms. The molecule has 2 atom stereocenters. The predicted molar refractivity (Wildman–Crippen MR) is 65.2 cm³/mol. The molecule has 1 fully saturated rings. The van der Waals surface area contributed by atoms with E-state index in [0.717, 1.165) is 24.5 Å². The first-order valence-corrected chi connectivity index (χ1v) is 6.02. The normalized spacial score (nSPS) is 25.4. The first-order valence-electron chi connectivity index (χ1n) is 6.02. The largest absolute Gasteiger partial charge is 0.370 e. The van der Waals surface area contributed by atoms with Crippen molar-refractivity contribution in [1.82, 2.24) is 9.97 Å². The van der Waals surface area contributed by atoms with Crippen LogP contribution in [-0.2, 0) is 0 Å². The standard InChI is InChI=1S/C12H20N4/c1-9-5-12(16-8-15-9)14-7-10-3-2-4-11(13)6-10/h5,8,10-11H,2-4,6-7,13H2,1H3,(H,14,15,16). The average Bonchev–Trinajstić information content (AvgIpc) is 2.27. The van der Waals surface area contributed by atoms with Crippen LogP contribution in [0.4, 0.5) is 5.82 Å². The smallest absolute Gasteiger partial charge is 0.129 e. The molecule has 0 aromatic carbocycles. The molecule has 0 bridgehead atoms. The average molecular weight is 220 g/mol. The van der Waals surface area contributed by atoms with Crippen LogP contribution in [0.25, 0.3) is 0 Å². The number of aryl methyl sites for hydroxylation is 1. The fourth-order valence-corrected chi connectivity index (χ4v) is 2.32. The van der Waals surface area contributed by atoms with Crippen LogP contribution in [0.5, 0.6) is 0 Å². The third-order valence-electron chi connectivity index (χ3n) is 3.20. The summed E-state index contributed by atoms with van der Waals surface area (Å²) >= 11 is 0. The van der Waals surface area contributed by atoms with Crippen molar-refractivity contribution in [2.45, 2.75) is 38.6 Å². The van der Waals surface area contributed by atoms with Gasteiger partial charge in [0.2, 0.25) is 0 Å². The Bertz CT molecular complexity index is 340. The van der Waals surface area contributed by atoms with Crippen LogP contribution in [0.2, 0.25) is 0 Å². The number of nitrogens with zero attached hydrogens (tertiary/aromatic N) is 2. The van der Waals surface area contributed by atoms with Crippen LogP contribution in [0, 0.1) is 12.8 Å². The van der Waals surface area contributed by atoms with Gasteiger partial charge in [-0.25, -0.2) is 9.97 Å². The highest BCUT2D eigenvalue weighted by Crippen LogP contribution is 2.23. The van der Waals surface area contributed by atoms with E-state index < -0.39 is 0 Å². The molecular formula is C12H20N4. The second kappa shape index (κ2) is 5.25. The van der Waals surface area contributed by atoms with Crippen LogP contribution in [-0.4, -0.2) is 22.6 Å². The van der Waals surface area contributed by atoms with E-state index in [1.54, 1.807) is 6.33 Å². The number of rotatable bonds is 3. The third-order valence-corrected chi connectivity index (χ3v) is 3.20. The van der Waals surface area contributed by atoms with Crippen LogP contribution in [0.3, 0.4) is 0 Å². The Kier molecular flexibility index (Phi) is 3.72. The second-order valence-corrected chi connectivity index (χ2v) is 4.72. The number of nitrogens with one attached hydrogen (secondary N) is 1. The molecule has 1 heterocycles. The molecule has 1 aliphatic rings. The maximum absolute atomic E-state index is 5.96. The summed E-state index contributed by atoms with van der Waals surface area (Å²) in [5.41, 5.74) is 6.96. The maximum atomic E-state index is 5.96. The van der Waals surface area contributed by atoms with Gasteiger partial charge in [0.1, 0.15) is 12.1 Å². The molecule has 4 heteroatoms. The molecule has 1 aromatic rings. The fraction of sp³-hybridized carbons (Fsp3) is 0.667. The Hall–Kier alpha value is -1.16. The van der Waals surface area contributed by atoms with E-state index in [1.165, 1.54) is 19.3 Å². The Morgan fingerprint density at radius 2 is 2.31 bits per heavy atom. The number of nitrogens with two attached hydrogens (primary N) is 1. The van der Waals surface area contributed by atoms with Crippen LogP contribution < -0.4 is 11.1 Å². The Morgan fingerprint density at radius 1 is 1.44 bits per heavy atom. The molecule has 1 aliphatic carbocycles. The van der Waals surface area contributed by atoms with Gasteiger partial charge in [0.05, 0.1) is 0 Å². The van der Waals surface area contributed by atoms with Crippen molar-refractivity contribution in [2.24, 2.45) is 11.7 Å². The van der Waals surface area contributed by atoms with Crippen LogP contribution >= 0.6 is 0 Å². The van der Waals surface area contributed by atoms with E-state index in [-0.39, 0.29) is 0 Å². The van der Waals surface area contributed by atoms with E-state index in [0.29, 0.717) is 12.0 Å². The van der Waals surface area contributed by atoms with Crippen molar-refractivity contribution in [3.63, 3.8) is 0 Å². The van der Waals surface area contributed by atoms with E-state index in [1.807, 2.05) is 13.0 Å². The first-order chi connectivity index (χ1) is 7.74. The van der Waals surface area contributed by atoms with Crippen molar-refractivity contribution in [3.05, 3.63) is 18.1 Å². The van der Waals surface area contributed by atoms with Crippen LogP contribution in [0.1, 0.15) is 31.4 Å².